The average Bonchev–Trinajstić information content (AvgIpc) is 2.88. The van der Waals surface area contributed by atoms with Gasteiger partial charge in [0.2, 0.25) is 0 Å². The summed E-state index contributed by atoms with van der Waals surface area (Å²) in [6.45, 7) is 5.34. The van der Waals surface area contributed by atoms with E-state index in [1.165, 1.54) is 12.8 Å². The van der Waals surface area contributed by atoms with Crippen molar-refractivity contribution in [2.24, 2.45) is 0 Å². The normalized spacial score (nSPS) is 34.4. The SMILES string of the molecule is CCN(CC1NCCC1O)C1CC1. The minimum Gasteiger partial charge on any atom is -0.391 e. The Kier molecular flexibility index (Phi) is 2.86. The van der Waals surface area contributed by atoms with Gasteiger partial charge in [-0.3, -0.25) is 4.90 Å². The highest BCUT2D eigenvalue weighted by molar-refractivity contribution is 4.91. The lowest BCUT2D eigenvalue weighted by molar-refractivity contribution is 0.129. The summed E-state index contributed by atoms with van der Waals surface area (Å²) >= 11 is 0. The lowest BCUT2D eigenvalue weighted by atomic mass is 10.1. The number of hydrogen-bond donors (Lipinski definition) is 2. The van der Waals surface area contributed by atoms with Crippen LogP contribution in [0.5, 0.6) is 0 Å². The molecule has 0 bridgehead atoms. The number of rotatable bonds is 4. The van der Waals surface area contributed by atoms with Gasteiger partial charge in [-0.15, -0.1) is 0 Å². The Morgan fingerprint density at radius 2 is 2.15 bits per heavy atom. The maximum Gasteiger partial charge on any atom is 0.0717 e. The monoisotopic (exact) mass is 184 g/mol. The van der Waals surface area contributed by atoms with Crippen molar-refractivity contribution in [2.45, 2.75) is 44.4 Å². The molecule has 2 aliphatic rings. The molecule has 2 fully saturated rings. The minimum atomic E-state index is -0.118. The third-order valence-electron chi connectivity index (χ3n) is 3.21. The second-order valence-corrected chi connectivity index (χ2v) is 4.24. The molecular formula is C10H20N2O. The Bertz CT molecular complexity index is 170. The predicted molar refractivity (Wildman–Crippen MR) is 52.7 cm³/mol. The van der Waals surface area contributed by atoms with Crippen LogP contribution >= 0.6 is 0 Å². The van der Waals surface area contributed by atoms with E-state index in [9.17, 15) is 5.11 Å². The van der Waals surface area contributed by atoms with E-state index < -0.39 is 0 Å². The van der Waals surface area contributed by atoms with Crippen molar-refractivity contribution >= 4 is 0 Å². The van der Waals surface area contributed by atoms with Crippen molar-refractivity contribution in [2.75, 3.05) is 19.6 Å². The van der Waals surface area contributed by atoms with Gasteiger partial charge in [-0.1, -0.05) is 6.92 Å². The maximum atomic E-state index is 9.65. The van der Waals surface area contributed by atoms with E-state index in [1.54, 1.807) is 0 Å². The summed E-state index contributed by atoms with van der Waals surface area (Å²) in [6.07, 6.45) is 3.52. The number of nitrogens with zero attached hydrogens (tertiary/aromatic N) is 1. The van der Waals surface area contributed by atoms with Gasteiger partial charge in [-0.2, -0.15) is 0 Å². The molecule has 1 saturated heterocycles. The molecule has 2 N–H and O–H groups in total. The summed E-state index contributed by atoms with van der Waals surface area (Å²) in [6, 6.07) is 1.14. The molecule has 0 aromatic carbocycles. The number of likely N-dealkylation sites (N-methyl/N-ethyl adjacent to an activating group) is 1. The van der Waals surface area contributed by atoms with Crippen LogP contribution < -0.4 is 5.32 Å². The summed E-state index contributed by atoms with van der Waals surface area (Å²) in [4.78, 5) is 2.49. The van der Waals surface area contributed by atoms with Gasteiger partial charge in [0, 0.05) is 18.6 Å². The van der Waals surface area contributed by atoms with E-state index in [1.807, 2.05) is 0 Å². The summed E-state index contributed by atoms with van der Waals surface area (Å²) in [7, 11) is 0. The first-order valence-electron chi connectivity index (χ1n) is 5.46. The van der Waals surface area contributed by atoms with Crippen LogP contribution in [0.3, 0.4) is 0 Å². The van der Waals surface area contributed by atoms with Gasteiger partial charge in [0.1, 0.15) is 0 Å². The lowest BCUT2D eigenvalue weighted by Gasteiger charge is -2.25. The Hall–Kier alpha value is -0.120. The van der Waals surface area contributed by atoms with Crippen molar-refractivity contribution in [1.82, 2.24) is 10.2 Å². The van der Waals surface area contributed by atoms with E-state index in [4.69, 9.17) is 0 Å². The Morgan fingerprint density at radius 1 is 1.38 bits per heavy atom. The van der Waals surface area contributed by atoms with Gasteiger partial charge < -0.3 is 10.4 Å². The molecule has 76 valence electrons. The van der Waals surface area contributed by atoms with E-state index in [0.29, 0.717) is 6.04 Å². The first kappa shape index (κ1) is 9.44. The second-order valence-electron chi connectivity index (χ2n) is 4.24. The number of aliphatic hydroxyl groups is 1. The molecule has 2 unspecified atom stereocenters. The molecule has 2 rings (SSSR count). The molecule has 2 atom stereocenters. The van der Waals surface area contributed by atoms with Crippen molar-refractivity contribution in [3.05, 3.63) is 0 Å². The molecule has 0 spiro atoms. The van der Waals surface area contributed by atoms with Crippen LogP contribution in [0.1, 0.15) is 26.2 Å². The number of nitrogens with one attached hydrogen (secondary N) is 1. The topological polar surface area (TPSA) is 35.5 Å². The van der Waals surface area contributed by atoms with Gasteiger partial charge >= 0.3 is 0 Å². The molecule has 1 saturated carbocycles. The van der Waals surface area contributed by atoms with Crippen LogP contribution in [0.15, 0.2) is 0 Å². The van der Waals surface area contributed by atoms with E-state index in [-0.39, 0.29) is 6.10 Å². The molecule has 0 amide bonds. The van der Waals surface area contributed by atoms with Crippen molar-refractivity contribution in [1.29, 1.82) is 0 Å². The highest BCUT2D eigenvalue weighted by atomic mass is 16.3. The van der Waals surface area contributed by atoms with E-state index >= 15 is 0 Å². The molecular weight excluding hydrogens is 164 g/mol. The number of hydrogen-bond acceptors (Lipinski definition) is 3. The first-order valence-corrected chi connectivity index (χ1v) is 5.46. The fraction of sp³-hybridized carbons (Fsp3) is 1.00. The quantitative estimate of drug-likeness (QED) is 0.655. The summed E-state index contributed by atoms with van der Waals surface area (Å²) in [5.74, 6) is 0. The smallest absolute Gasteiger partial charge is 0.0717 e. The van der Waals surface area contributed by atoms with Crippen LogP contribution in [-0.4, -0.2) is 47.8 Å². The third-order valence-corrected chi connectivity index (χ3v) is 3.21. The first-order chi connectivity index (χ1) is 6.31. The van der Waals surface area contributed by atoms with Crippen LogP contribution in [0.4, 0.5) is 0 Å². The highest BCUT2D eigenvalue weighted by Gasteiger charge is 2.32. The average molecular weight is 184 g/mol. The van der Waals surface area contributed by atoms with Crippen LogP contribution in [0.25, 0.3) is 0 Å². The fourth-order valence-corrected chi connectivity index (χ4v) is 2.17. The standard InChI is InChI=1S/C10H20N2O/c1-2-12(8-3-4-8)7-9-10(13)5-6-11-9/h8-11,13H,2-7H2,1H3. The summed E-state index contributed by atoms with van der Waals surface area (Å²) in [5, 5.41) is 13.0. The largest absolute Gasteiger partial charge is 0.391 e. The van der Waals surface area contributed by atoms with Gasteiger partial charge in [0.15, 0.2) is 0 Å². The lowest BCUT2D eigenvalue weighted by Crippen LogP contribution is -2.43. The zero-order valence-electron chi connectivity index (χ0n) is 8.37. The van der Waals surface area contributed by atoms with Crippen LogP contribution in [0, 0.1) is 0 Å². The summed E-state index contributed by atoms with van der Waals surface area (Å²) in [5.41, 5.74) is 0. The minimum absolute atomic E-state index is 0.118. The highest BCUT2D eigenvalue weighted by Crippen LogP contribution is 2.27. The summed E-state index contributed by atoms with van der Waals surface area (Å²) < 4.78 is 0. The van der Waals surface area contributed by atoms with Gasteiger partial charge in [-0.05, 0) is 32.4 Å². The van der Waals surface area contributed by atoms with Crippen molar-refractivity contribution in [3.8, 4) is 0 Å². The van der Waals surface area contributed by atoms with Gasteiger partial charge in [0.25, 0.3) is 0 Å². The maximum absolute atomic E-state index is 9.65. The van der Waals surface area contributed by atoms with Crippen molar-refractivity contribution < 1.29 is 5.11 Å². The van der Waals surface area contributed by atoms with Gasteiger partial charge in [-0.25, -0.2) is 0 Å². The Morgan fingerprint density at radius 3 is 2.62 bits per heavy atom. The molecule has 1 heterocycles. The Balaban J connectivity index is 1.80. The zero-order chi connectivity index (χ0) is 9.26. The molecule has 3 heteroatoms. The van der Waals surface area contributed by atoms with Crippen LogP contribution in [0.2, 0.25) is 0 Å². The van der Waals surface area contributed by atoms with Crippen LogP contribution in [-0.2, 0) is 0 Å². The molecule has 3 nitrogen and oxygen atoms in total. The second kappa shape index (κ2) is 3.95. The molecule has 13 heavy (non-hydrogen) atoms. The van der Waals surface area contributed by atoms with E-state index in [2.05, 4.69) is 17.1 Å². The van der Waals surface area contributed by atoms with E-state index in [0.717, 1.165) is 32.1 Å². The Labute approximate surface area is 80.1 Å². The van der Waals surface area contributed by atoms with Crippen molar-refractivity contribution in [3.63, 3.8) is 0 Å². The molecule has 0 aromatic heterocycles. The van der Waals surface area contributed by atoms with Gasteiger partial charge in [0.05, 0.1) is 6.10 Å². The third kappa shape index (κ3) is 2.22. The molecule has 0 radical (unpaired) electrons. The predicted octanol–water partition coefficient (Wildman–Crippen LogP) is 0.193. The zero-order valence-corrected chi connectivity index (χ0v) is 8.37. The molecule has 1 aliphatic carbocycles. The molecule has 1 aliphatic heterocycles. The fourth-order valence-electron chi connectivity index (χ4n) is 2.17. The molecule has 0 aromatic rings. The number of aliphatic hydroxyl groups excluding tert-OH is 1.